The molecular weight excluding hydrogens is 711 g/mol. The smallest absolute Gasteiger partial charge is 0.0465 e. The topological polar surface area (TPSA) is 3.24 Å². The number of rotatable bonds is 6. The minimum Gasteiger partial charge on any atom is -0.310 e. The van der Waals surface area contributed by atoms with Gasteiger partial charge in [0.1, 0.15) is 0 Å². The van der Waals surface area contributed by atoms with Crippen molar-refractivity contribution in [1.82, 2.24) is 0 Å². The molecule has 2 aliphatic carbocycles. The van der Waals surface area contributed by atoms with Gasteiger partial charge in [-0.15, -0.1) is 0 Å². The first-order valence-corrected chi connectivity index (χ1v) is 20.9. The van der Waals surface area contributed by atoms with E-state index in [-0.39, 0.29) is 10.8 Å². The minimum atomic E-state index is -0.154. The van der Waals surface area contributed by atoms with Gasteiger partial charge in [-0.05, 0) is 125 Å². The second-order valence-corrected chi connectivity index (χ2v) is 17.3. The van der Waals surface area contributed by atoms with E-state index in [2.05, 4.69) is 233 Å². The summed E-state index contributed by atoms with van der Waals surface area (Å²) in [6, 6.07) is 74.1. The number of benzene rings is 9. The van der Waals surface area contributed by atoms with Gasteiger partial charge in [0.05, 0.1) is 0 Å². The second kappa shape index (κ2) is 13.3. The van der Waals surface area contributed by atoms with Crippen LogP contribution in [0, 0.1) is 0 Å². The van der Waals surface area contributed by atoms with Crippen LogP contribution in [0.5, 0.6) is 0 Å². The van der Waals surface area contributed by atoms with Gasteiger partial charge in [0, 0.05) is 27.9 Å². The summed E-state index contributed by atoms with van der Waals surface area (Å²) < 4.78 is 0. The van der Waals surface area contributed by atoms with Gasteiger partial charge < -0.3 is 4.90 Å². The van der Waals surface area contributed by atoms with E-state index in [4.69, 9.17) is 0 Å². The number of hydrogen-bond donors (Lipinski definition) is 0. The summed E-state index contributed by atoms with van der Waals surface area (Å²) in [5.41, 5.74) is 21.5. The molecule has 9 aromatic rings. The van der Waals surface area contributed by atoms with E-state index in [0.717, 1.165) is 17.1 Å². The van der Waals surface area contributed by atoms with Crippen molar-refractivity contribution in [1.29, 1.82) is 0 Å². The summed E-state index contributed by atoms with van der Waals surface area (Å²) in [6.45, 7) is 9.52. The Balaban J connectivity index is 1.12. The summed E-state index contributed by atoms with van der Waals surface area (Å²) in [5.74, 6) is 0. The molecule has 0 unspecified atom stereocenters. The van der Waals surface area contributed by atoms with E-state index in [1.165, 1.54) is 88.7 Å². The Hall–Kier alpha value is -6.96. The molecule has 0 radical (unpaired) electrons. The van der Waals surface area contributed by atoms with E-state index in [1.807, 2.05) is 0 Å². The van der Waals surface area contributed by atoms with Crippen LogP contribution in [-0.4, -0.2) is 0 Å². The van der Waals surface area contributed by atoms with Crippen molar-refractivity contribution in [3.05, 3.63) is 222 Å². The first-order chi connectivity index (χ1) is 28.8. The van der Waals surface area contributed by atoms with Crippen molar-refractivity contribution in [2.45, 2.75) is 38.5 Å². The highest BCUT2D eigenvalue weighted by Gasteiger charge is 2.40. The van der Waals surface area contributed by atoms with Crippen molar-refractivity contribution in [3.63, 3.8) is 0 Å². The molecule has 2 aliphatic rings. The maximum Gasteiger partial charge on any atom is 0.0465 e. The summed E-state index contributed by atoms with van der Waals surface area (Å²) in [4.78, 5) is 2.43. The number of hydrogen-bond acceptors (Lipinski definition) is 1. The van der Waals surface area contributed by atoms with Crippen LogP contribution in [0.15, 0.2) is 200 Å². The van der Waals surface area contributed by atoms with Gasteiger partial charge in [-0.1, -0.05) is 191 Å². The van der Waals surface area contributed by atoms with Gasteiger partial charge in [0.2, 0.25) is 0 Å². The van der Waals surface area contributed by atoms with Crippen LogP contribution in [0.3, 0.4) is 0 Å². The van der Waals surface area contributed by atoms with Crippen molar-refractivity contribution in [2.75, 3.05) is 4.90 Å². The predicted molar refractivity (Wildman–Crippen MR) is 250 cm³/mol. The third-order valence-corrected chi connectivity index (χ3v) is 13.2. The lowest BCUT2D eigenvalue weighted by Gasteiger charge is -2.29. The average molecular weight is 756 g/mol. The molecule has 1 nitrogen and oxygen atoms in total. The summed E-state index contributed by atoms with van der Waals surface area (Å²) in [6.07, 6.45) is 0. The molecule has 0 saturated heterocycles. The third-order valence-electron chi connectivity index (χ3n) is 13.2. The number of fused-ring (bicyclic) bond motifs is 8. The van der Waals surface area contributed by atoms with Crippen LogP contribution < -0.4 is 4.90 Å². The Morgan fingerprint density at radius 2 is 0.763 bits per heavy atom. The molecule has 59 heavy (non-hydrogen) atoms. The molecule has 1 heteroatoms. The Kier molecular flexibility index (Phi) is 7.94. The van der Waals surface area contributed by atoms with Gasteiger partial charge in [-0.25, -0.2) is 0 Å². The molecule has 0 amide bonds. The number of nitrogens with zero attached hydrogens (tertiary/aromatic N) is 1. The molecule has 0 spiro atoms. The predicted octanol–water partition coefficient (Wildman–Crippen LogP) is 15.9. The fraction of sp³-hybridized carbons (Fsp3) is 0.103. The van der Waals surface area contributed by atoms with Crippen molar-refractivity contribution in [3.8, 4) is 55.6 Å². The normalized spacial score (nSPS) is 14.0. The van der Waals surface area contributed by atoms with Gasteiger partial charge in [0.25, 0.3) is 0 Å². The van der Waals surface area contributed by atoms with Crippen molar-refractivity contribution in [2.24, 2.45) is 0 Å². The first-order valence-electron chi connectivity index (χ1n) is 20.9. The van der Waals surface area contributed by atoms with E-state index in [9.17, 15) is 0 Å². The van der Waals surface area contributed by atoms with Gasteiger partial charge in [-0.3, -0.25) is 0 Å². The average Bonchev–Trinajstić information content (AvgIpc) is 3.67. The van der Waals surface area contributed by atoms with Crippen LogP contribution in [-0.2, 0) is 10.8 Å². The Morgan fingerprint density at radius 1 is 0.305 bits per heavy atom. The van der Waals surface area contributed by atoms with Crippen LogP contribution in [0.1, 0.15) is 49.9 Å². The fourth-order valence-corrected chi connectivity index (χ4v) is 10.4. The van der Waals surface area contributed by atoms with Crippen molar-refractivity contribution >= 4 is 27.8 Å². The van der Waals surface area contributed by atoms with E-state index in [0.29, 0.717) is 0 Å². The molecule has 0 aromatic heterocycles. The quantitative estimate of drug-likeness (QED) is 0.163. The first kappa shape index (κ1) is 35.2. The lowest BCUT2D eigenvalue weighted by Crippen LogP contribution is -2.16. The maximum atomic E-state index is 2.43. The zero-order valence-electron chi connectivity index (χ0n) is 34.0. The molecule has 0 heterocycles. The third kappa shape index (κ3) is 5.38. The van der Waals surface area contributed by atoms with Crippen LogP contribution in [0.4, 0.5) is 17.1 Å². The second-order valence-electron chi connectivity index (χ2n) is 17.3. The van der Waals surface area contributed by atoms with Gasteiger partial charge in [-0.2, -0.15) is 0 Å². The Morgan fingerprint density at radius 3 is 1.42 bits per heavy atom. The summed E-state index contributed by atoms with van der Waals surface area (Å²) in [5, 5.41) is 2.62. The van der Waals surface area contributed by atoms with Crippen LogP contribution >= 0.6 is 0 Å². The lowest BCUT2D eigenvalue weighted by atomic mass is 9.77. The molecule has 282 valence electrons. The maximum absolute atomic E-state index is 2.43. The Bertz CT molecular complexity index is 3060. The Labute approximate surface area is 347 Å². The highest BCUT2D eigenvalue weighted by Crippen LogP contribution is 2.58. The highest BCUT2D eigenvalue weighted by atomic mass is 15.1. The zero-order valence-corrected chi connectivity index (χ0v) is 34.0. The van der Waals surface area contributed by atoms with Gasteiger partial charge >= 0.3 is 0 Å². The van der Waals surface area contributed by atoms with Crippen molar-refractivity contribution < 1.29 is 0 Å². The molecule has 11 rings (SSSR count). The molecule has 0 N–H and O–H groups in total. The summed E-state index contributed by atoms with van der Waals surface area (Å²) in [7, 11) is 0. The zero-order chi connectivity index (χ0) is 39.9. The molecule has 0 bridgehead atoms. The molecule has 9 aromatic carbocycles. The molecule has 0 saturated carbocycles. The van der Waals surface area contributed by atoms with Crippen LogP contribution in [0.2, 0.25) is 0 Å². The van der Waals surface area contributed by atoms with E-state index >= 15 is 0 Å². The van der Waals surface area contributed by atoms with E-state index < -0.39 is 0 Å². The van der Waals surface area contributed by atoms with Gasteiger partial charge in [0.15, 0.2) is 0 Å². The lowest BCUT2D eigenvalue weighted by molar-refractivity contribution is 0.660. The van der Waals surface area contributed by atoms with E-state index in [1.54, 1.807) is 0 Å². The molecular formula is C58H45N. The molecule has 0 fully saturated rings. The standard InChI is InChI=1S/C58H45N/c1-57(2)50-25-15-13-21-45(50)46-36-35-44(37-52(46)57)59(42-31-27-39(28-32-42)38-17-7-5-8-18-38)43-33-29-41(30-34-43)54-53(40-19-9-6-10-20-40)47-22-11-12-23-48(47)56-55(54)49-24-14-16-26-51(49)58(56,3)4/h5-37H,1-4H3. The largest absolute Gasteiger partial charge is 0.310 e. The molecule has 0 atom stereocenters. The minimum absolute atomic E-state index is 0.108. The number of anilines is 3. The monoisotopic (exact) mass is 755 g/mol. The SMILES string of the molecule is CC1(C)c2ccccc2-c2ccc(N(c3ccc(-c4ccccc4)cc3)c3ccc(-c4c5c(c6ccccc6c4-c4ccccc4)C(C)(C)c4ccccc4-5)cc3)cc21. The molecule has 0 aliphatic heterocycles. The fourth-order valence-electron chi connectivity index (χ4n) is 10.4. The summed E-state index contributed by atoms with van der Waals surface area (Å²) >= 11 is 0. The highest BCUT2D eigenvalue weighted by molar-refractivity contribution is 6.14. The van der Waals surface area contributed by atoms with Crippen LogP contribution in [0.25, 0.3) is 66.4 Å².